The number of ether oxygens (including phenoxy) is 1. The van der Waals surface area contributed by atoms with Gasteiger partial charge in [-0.1, -0.05) is 0 Å². The van der Waals surface area contributed by atoms with Crippen molar-refractivity contribution in [2.45, 2.75) is 32.9 Å². The van der Waals surface area contributed by atoms with Gasteiger partial charge >= 0.3 is 0 Å². The van der Waals surface area contributed by atoms with Gasteiger partial charge in [-0.3, -0.25) is 4.90 Å². The van der Waals surface area contributed by atoms with Gasteiger partial charge in [0.25, 0.3) is 0 Å². The van der Waals surface area contributed by atoms with Crippen LogP contribution in [0, 0.1) is 6.92 Å². The molecule has 1 fully saturated rings. The predicted molar refractivity (Wildman–Crippen MR) is 77.2 cm³/mol. The Kier molecular flexibility index (Phi) is 4.78. The number of hydrogen-bond donors (Lipinski definition) is 1. The number of aryl methyl sites for hydroxylation is 1. The summed E-state index contributed by atoms with van der Waals surface area (Å²) in [5.74, 6) is 0. The lowest BCUT2D eigenvalue weighted by atomic mass is 10.0. The topological polar surface area (TPSA) is 24.5 Å². The average molecular weight is 268 g/mol. The first kappa shape index (κ1) is 14.0. The molecule has 2 heterocycles. The van der Waals surface area contributed by atoms with Gasteiger partial charge in [-0.25, -0.2) is 0 Å². The van der Waals surface area contributed by atoms with Crippen LogP contribution in [-0.2, 0) is 11.3 Å². The smallest absolute Gasteiger partial charge is 0.0594 e. The van der Waals surface area contributed by atoms with Gasteiger partial charge in [0, 0.05) is 36.6 Å². The molecule has 0 amide bonds. The summed E-state index contributed by atoms with van der Waals surface area (Å²) in [4.78, 5) is 3.97. The van der Waals surface area contributed by atoms with E-state index in [1.165, 1.54) is 10.4 Å². The molecule has 1 N–H and O–H groups in total. The minimum atomic E-state index is 0.203. The summed E-state index contributed by atoms with van der Waals surface area (Å²) in [7, 11) is 0. The predicted octanol–water partition coefficient (Wildman–Crippen LogP) is 2.26. The Morgan fingerprint density at radius 3 is 2.72 bits per heavy atom. The lowest BCUT2D eigenvalue weighted by Gasteiger charge is -2.41. The van der Waals surface area contributed by atoms with E-state index in [0.29, 0.717) is 0 Å². The van der Waals surface area contributed by atoms with Gasteiger partial charge in [0.2, 0.25) is 0 Å². The normalized spacial score (nSPS) is 18.2. The Hall–Kier alpha value is -0.420. The average Bonchev–Trinajstić information content (AvgIpc) is 2.76. The van der Waals surface area contributed by atoms with Crippen LogP contribution < -0.4 is 5.32 Å². The van der Waals surface area contributed by atoms with Crippen LogP contribution in [0.4, 0.5) is 0 Å². The molecular formula is C14H24N2OS. The Balaban J connectivity index is 1.79. The van der Waals surface area contributed by atoms with Gasteiger partial charge in [0.05, 0.1) is 13.2 Å². The largest absolute Gasteiger partial charge is 0.379 e. The molecule has 1 aromatic rings. The van der Waals surface area contributed by atoms with Gasteiger partial charge in [0.15, 0.2) is 0 Å². The molecule has 0 atom stereocenters. The molecule has 0 aliphatic carbocycles. The van der Waals surface area contributed by atoms with E-state index >= 15 is 0 Å². The molecule has 0 aromatic carbocycles. The summed E-state index contributed by atoms with van der Waals surface area (Å²) < 4.78 is 5.41. The molecule has 1 aromatic heterocycles. The van der Waals surface area contributed by atoms with Crippen molar-refractivity contribution in [2.24, 2.45) is 0 Å². The fourth-order valence-electron chi connectivity index (χ4n) is 2.35. The second kappa shape index (κ2) is 6.15. The van der Waals surface area contributed by atoms with Crippen molar-refractivity contribution in [2.75, 3.05) is 32.8 Å². The molecule has 18 heavy (non-hydrogen) atoms. The van der Waals surface area contributed by atoms with E-state index in [0.717, 1.165) is 39.4 Å². The molecular weight excluding hydrogens is 244 g/mol. The van der Waals surface area contributed by atoms with Crippen molar-refractivity contribution in [1.29, 1.82) is 0 Å². The first-order chi connectivity index (χ1) is 8.59. The van der Waals surface area contributed by atoms with Crippen LogP contribution in [-0.4, -0.2) is 43.3 Å². The van der Waals surface area contributed by atoms with E-state index in [2.05, 4.69) is 42.4 Å². The van der Waals surface area contributed by atoms with E-state index < -0.39 is 0 Å². The van der Waals surface area contributed by atoms with Crippen LogP contribution in [0.2, 0.25) is 0 Å². The molecule has 0 radical (unpaired) electrons. The first-order valence-electron chi connectivity index (χ1n) is 6.66. The van der Waals surface area contributed by atoms with Crippen LogP contribution in [0.5, 0.6) is 0 Å². The van der Waals surface area contributed by atoms with Crippen molar-refractivity contribution in [1.82, 2.24) is 10.2 Å². The van der Waals surface area contributed by atoms with Crippen LogP contribution in [0.3, 0.4) is 0 Å². The van der Waals surface area contributed by atoms with Gasteiger partial charge in [0.1, 0.15) is 0 Å². The highest BCUT2D eigenvalue weighted by atomic mass is 32.1. The van der Waals surface area contributed by atoms with Crippen LogP contribution in [0.25, 0.3) is 0 Å². The van der Waals surface area contributed by atoms with Gasteiger partial charge < -0.3 is 10.1 Å². The van der Waals surface area contributed by atoms with E-state index in [1.807, 2.05) is 11.3 Å². The Bertz CT molecular complexity index is 370. The van der Waals surface area contributed by atoms with Crippen molar-refractivity contribution >= 4 is 11.3 Å². The quantitative estimate of drug-likeness (QED) is 0.886. The standard InChI is InChI=1S/C14H24N2OS/c1-12-4-9-18-13(12)10-15-11-14(2,3)16-5-7-17-8-6-16/h4,9,15H,5-8,10-11H2,1-3H3. The Morgan fingerprint density at radius 1 is 1.39 bits per heavy atom. The van der Waals surface area contributed by atoms with Gasteiger partial charge in [-0.05, 0) is 37.8 Å². The highest BCUT2D eigenvalue weighted by Gasteiger charge is 2.27. The summed E-state index contributed by atoms with van der Waals surface area (Å²) in [5, 5.41) is 5.76. The zero-order valence-electron chi connectivity index (χ0n) is 11.7. The lowest BCUT2D eigenvalue weighted by Crippen LogP contribution is -2.54. The molecule has 0 spiro atoms. The van der Waals surface area contributed by atoms with Gasteiger partial charge in [-0.2, -0.15) is 0 Å². The maximum atomic E-state index is 5.41. The molecule has 3 nitrogen and oxygen atoms in total. The van der Waals surface area contributed by atoms with E-state index in [4.69, 9.17) is 4.74 Å². The number of nitrogens with zero attached hydrogens (tertiary/aromatic N) is 1. The van der Waals surface area contributed by atoms with E-state index in [9.17, 15) is 0 Å². The summed E-state index contributed by atoms with van der Waals surface area (Å²) in [5.41, 5.74) is 1.60. The third-order valence-electron chi connectivity index (χ3n) is 3.68. The number of morpholine rings is 1. The molecule has 0 bridgehead atoms. The number of hydrogen-bond acceptors (Lipinski definition) is 4. The highest BCUT2D eigenvalue weighted by molar-refractivity contribution is 7.10. The van der Waals surface area contributed by atoms with E-state index in [1.54, 1.807) is 0 Å². The van der Waals surface area contributed by atoms with Crippen molar-refractivity contribution in [3.63, 3.8) is 0 Å². The Morgan fingerprint density at radius 2 is 2.11 bits per heavy atom. The summed E-state index contributed by atoms with van der Waals surface area (Å²) in [6.07, 6.45) is 0. The second-order valence-corrected chi connectivity index (χ2v) is 6.54. The molecule has 2 rings (SSSR count). The van der Waals surface area contributed by atoms with E-state index in [-0.39, 0.29) is 5.54 Å². The van der Waals surface area contributed by atoms with Crippen LogP contribution in [0.15, 0.2) is 11.4 Å². The SMILES string of the molecule is Cc1ccsc1CNCC(C)(C)N1CCOCC1. The summed E-state index contributed by atoms with van der Waals surface area (Å²) >= 11 is 1.84. The number of thiophene rings is 1. The fraction of sp³-hybridized carbons (Fsp3) is 0.714. The van der Waals surface area contributed by atoms with Crippen LogP contribution >= 0.6 is 11.3 Å². The third kappa shape index (κ3) is 3.54. The summed E-state index contributed by atoms with van der Waals surface area (Å²) in [6, 6.07) is 2.19. The van der Waals surface area contributed by atoms with Crippen molar-refractivity contribution in [3.05, 3.63) is 21.9 Å². The molecule has 1 saturated heterocycles. The fourth-order valence-corrected chi connectivity index (χ4v) is 3.22. The van der Waals surface area contributed by atoms with Crippen molar-refractivity contribution in [3.8, 4) is 0 Å². The highest BCUT2D eigenvalue weighted by Crippen LogP contribution is 2.17. The zero-order chi connectivity index (χ0) is 13.0. The maximum absolute atomic E-state index is 5.41. The van der Waals surface area contributed by atoms with Gasteiger partial charge in [-0.15, -0.1) is 11.3 Å². The minimum absolute atomic E-state index is 0.203. The Labute approximate surface area is 114 Å². The number of nitrogens with one attached hydrogen (secondary N) is 1. The van der Waals surface area contributed by atoms with Crippen LogP contribution in [0.1, 0.15) is 24.3 Å². The molecule has 1 aliphatic heterocycles. The molecule has 0 saturated carbocycles. The number of rotatable bonds is 5. The lowest BCUT2D eigenvalue weighted by molar-refractivity contribution is -0.00965. The first-order valence-corrected chi connectivity index (χ1v) is 7.54. The monoisotopic (exact) mass is 268 g/mol. The summed E-state index contributed by atoms with van der Waals surface area (Å²) in [6.45, 7) is 12.6. The zero-order valence-corrected chi connectivity index (χ0v) is 12.5. The maximum Gasteiger partial charge on any atom is 0.0594 e. The molecule has 0 unspecified atom stereocenters. The third-order valence-corrected chi connectivity index (χ3v) is 4.70. The van der Waals surface area contributed by atoms with Crippen molar-refractivity contribution < 1.29 is 4.74 Å². The second-order valence-electron chi connectivity index (χ2n) is 5.54. The molecule has 102 valence electrons. The minimum Gasteiger partial charge on any atom is -0.379 e. The molecule has 4 heteroatoms. The molecule has 1 aliphatic rings.